The van der Waals surface area contributed by atoms with Crippen molar-refractivity contribution in [3.05, 3.63) is 21.4 Å². The number of thiophene rings is 1. The van der Waals surface area contributed by atoms with Gasteiger partial charge < -0.3 is 15.3 Å². The molecular weight excluding hydrogens is 284 g/mol. The standard InChI is InChI=1S/C16H28N2O2S/c1-6-8-13-12(7-2)9-14(21-13)15(19)17-10-16(3,20)11-18(4)5/h9,20H,6-8,10-11H2,1-5H3,(H,17,19). The molecule has 2 N–H and O–H groups in total. The van der Waals surface area contributed by atoms with Crippen molar-refractivity contribution in [3.8, 4) is 0 Å². The van der Waals surface area contributed by atoms with E-state index in [0.29, 0.717) is 6.54 Å². The van der Waals surface area contributed by atoms with Crippen LogP contribution >= 0.6 is 11.3 Å². The van der Waals surface area contributed by atoms with Gasteiger partial charge in [0.25, 0.3) is 5.91 Å². The number of nitrogens with one attached hydrogen (secondary N) is 1. The minimum atomic E-state index is -0.920. The molecule has 1 unspecified atom stereocenters. The molecule has 120 valence electrons. The molecule has 1 atom stereocenters. The van der Waals surface area contributed by atoms with Crippen molar-refractivity contribution in [1.29, 1.82) is 0 Å². The van der Waals surface area contributed by atoms with Crippen LogP contribution in [0.15, 0.2) is 6.07 Å². The third-order valence-corrected chi connectivity index (χ3v) is 4.50. The number of aliphatic hydroxyl groups is 1. The Morgan fingerprint density at radius 1 is 1.43 bits per heavy atom. The molecule has 1 heterocycles. The summed E-state index contributed by atoms with van der Waals surface area (Å²) >= 11 is 1.58. The Morgan fingerprint density at radius 3 is 2.62 bits per heavy atom. The quantitative estimate of drug-likeness (QED) is 0.774. The fraction of sp³-hybridized carbons (Fsp3) is 0.688. The van der Waals surface area contributed by atoms with Crippen LogP contribution in [0.1, 0.15) is 47.3 Å². The van der Waals surface area contributed by atoms with Gasteiger partial charge in [0, 0.05) is 18.0 Å². The molecule has 0 aliphatic heterocycles. The van der Waals surface area contributed by atoms with Crippen molar-refractivity contribution in [3.63, 3.8) is 0 Å². The van der Waals surface area contributed by atoms with E-state index in [4.69, 9.17) is 0 Å². The summed E-state index contributed by atoms with van der Waals surface area (Å²) in [5.41, 5.74) is 0.350. The fourth-order valence-corrected chi connectivity index (χ4v) is 3.68. The highest BCUT2D eigenvalue weighted by Crippen LogP contribution is 2.24. The van der Waals surface area contributed by atoms with Crippen molar-refractivity contribution in [2.75, 3.05) is 27.2 Å². The van der Waals surface area contributed by atoms with Crippen LogP contribution in [-0.2, 0) is 12.8 Å². The number of hydrogen-bond acceptors (Lipinski definition) is 4. The number of amides is 1. The van der Waals surface area contributed by atoms with E-state index in [1.807, 2.05) is 25.1 Å². The third-order valence-electron chi connectivity index (χ3n) is 3.27. The molecule has 0 fully saturated rings. The summed E-state index contributed by atoms with van der Waals surface area (Å²) in [6, 6.07) is 1.99. The van der Waals surface area contributed by atoms with Gasteiger partial charge in [0.15, 0.2) is 0 Å². The molecular formula is C16H28N2O2S. The highest BCUT2D eigenvalue weighted by atomic mass is 32.1. The Balaban J connectivity index is 2.67. The molecule has 0 aromatic carbocycles. The first-order valence-corrected chi connectivity index (χ1v) is 8.37. The first-order valence-electron chi connectivity index (χ1n) is 7.56. The van der Waals surface area contributed by atoms with Crippen LogP contribution in [0.4, 0.5) is 0 Å². The summed E-state index contributed by atoms with van der Waals surface area (Å²) in [7, 11) is 3.81. The van der Waals surface area contributed by atoms with Gasteiger partial charge in [0.05, 0.1) is 10.5 Å². The SMILES string of the molecule is CCCc1sc(C(=O)NCC(C)(O)CN(C)C)cc1CC. The van der Waals surface area contributed by atoms with Gasteiger partial charge in [-0.2, -0.15) is 0 Å². The highest BCUT2D eigenvalue weighted by Gasteiger charge is 2.23. The Labute approximate surface area is 132 Å². The minimum Gasteiger partial charge on any atom is -0.387 e. The van der Waals surface area contributed by atoms with E-state index in [2.05, 4.69) is 19.2 Å². The second-order valence-corrected chi connectivity index (χ2v) is 7.22. The molecule has 1 amide bonds. The predicted octanol–water partition coefficient (Wildman–Crippen LogP) is 2.31. The van der Waals surface area contributed by atoms with E-state index in [9.17, 15) is 9.90 Å². The molecule has 21 heavy (non-hydrogen) atoms. The number of likely N-dealkylation sites (N-methyl/N-ethyl adjacent to an activating group) is 1. The Bertz CT molecular complexity index is 467. The summed E-state index contributed by atoms with van der Waals surface area (Å²) < 4.78 is 0. The van der Waals surface area contributed by atoms with Gasteiger partial charge in [0.2, 0.25) is 0 Å². The van der Waals surface area contributed by atoms with E-state index in [1.165, 1.54) is 10.4 Å². The number of nitrogens with zero attached hydrogens (tertiary/aromatic N) is 1. The number of hydrogen-bond donors (Lipinski definition) is 2. The molecule has 4 nitrogen and oxygen atoms in total. The zero-order valence-electron chi connectivity index (χ0n) is 13.8. The van der Waals surface area contributed by atoms with E-state index < -0.39 is 5.60 Å². The highest BCUT2D eigenvalue weighted by molar-refractivity contribution is 7.14. The number of carbonyl (C=O) groups is 1. The summed E-state index contributed by atoms with van der Waals surface area (Å²) in [4.78, 5) is 16.2. The van der Waals surface area contributed by atoms with Crippen LogP contribution in [0, 0.1) is 0 Å². The Morgan fingerprint density at radius 2 is 2.10 bits per heavy atom. The lowest BCUT2D eigenvalue weighted by Gasteiger charge is -2.26. The van der Waals surface area contributed by atoms with Crippen LogP contribution < -0.4 is 5.32 Å². The second kappa shape index (κ2) is 7.92. The van der Waals surface area contributed by atoms with E-state index in [1.54, 1.807) is 18.3 Å². The summed E-state index contributed by atoms with van der Waals surface area (Å²) in [5, 5.41) is 13.1. The largest absolute Gasteiger partial charge is 0.387 e. The number of carbonyl (C=O) groups excluding carboxylic acids is 1. The average molecular weight is 312 g/mol. The van der Waals surface area contributed by atoms with Crippen LogP contribution in [0.5, 0.6) is 0 Å². The van der Waals surface area contributed by atoms with Crippen LogP contribution in [0.2, 0.25) is 0 Å². The molecule has 0 saturated carbocycles. The van der Waals surface area contributed by atoms with Crippen molar-refractivity contribution in [1.82, 2.24) is 10.2 Å². The van der Waals surface area contributed by atoms with Gasteiger partial charge in [-0.15, -0.1) is 11.3 Å². The molecule has 0 aliphatic carbocycles. The maximum absolute atomic E-state index is 12.2. The molecule has 5 heteroatoms. The van der Waals surface area contributed by atoms with Gasteiger partial charge in [-0.1, -0.05) is 20.3 Å². The lowest BCUT2D eigenvalue weighted by molar-refractivity contribution is 0.0326. The minimum absolute atomic E-state index is 0.0870. The van der Waals surface area contributed by atoms with Crippen molar-refractivity contribution in [2.45, 2.75) is 45.6 Å². The van der Waals surface area contributed by atoms with E-state index in [0.717, 1.165) is 24.1 Å². The lowest BCUT2D eigenvalue weighted by Crippen LogP contribution is -2.47. The number of rotatable bonds is 8. The van der Waals surface area contributed by atoms with Crippen LogP contribution in [0.3, 0.4) is 0 Å². The Kier molecular flexibility index (Phi) is 6.84. The smallest absolute Gasteiger partial charge is 0.261 e. The maximum Gasteiger partial charge on any atom is 0.261 e. The van der Waals surface area contributed by atoms with E-state index >= 15 is 0 Å². The van der Waals surface area contributed by atoms with Gasteiger partial charge in [-0.25, -0.2) is 0 Å². The summed E-state index contributed by atoms with van der Waals surface area (Å²) in [6.45, 7) is 6.77. The number of aryl methyl sites for hydroxylation is 2. The van der Waals surface area contributed by atoms with Crippen molar-refractivity contribution >= 4 is 17.2 Å². The van der Waals surface area contributed by atoms with Gasteiger partial charge in [-0.05, 0) is 45.5 Å². The molecule has 1 aromatic rings. The van der Waals surface area contributed by atoms with Crippen molar-refractivity contribution in [2.24, 2.45) is 0 Å². The summed E-state index contributed by atoms with van der Waals surface area (Å²) in [5.74, 6) is -0.0870. The summed E-state index contributed by atoms with van der Waals surface area (Å²) in [6.07, 6.45) is 3.07. The monoisotopic (exact) mass is 312 g/mol. The van der Waals surface area contributed by atoms with E-state index in [-0.39, 0.29) is 12.5 Å². The molecule has 1 rings (SSSR count). The maximum atomic E-state index is 12.2. The Hall–Kier alpha value is -0.910. The molecule has 1 aromatic heterocycles. The molecule has 0 bridgehead atoms. The molecule has 0 aliphatic rings. The second-order valence-electron chi connectivity index (χ2n) is 6.08. The zero-order valence-corrected chi connectivity index (χ0v) is 14.6. The first-order chi connectivity index (χ1) is 9.79. The predicted molar refractivity (Wildman–Crippen MR) is 89.2 cm³/mol. The lowest BCUT2D eigenvalue weighted by atomic mass is 10.1. The third kappa shape index (κ3) is 5.77. The van der Waals surface area contributed by atoms with Crippen LogP contribution in [0.25, 0.3) is 0 Å². The normalized spacial score (nSPS) is 14.2. The zero-order chi connectivity index (χ0) is 16.0. The topological polar surface area (TPSA) is 52.6 Å². The molecule has 0 radical (unpaired) electrons. The molecule has 0 saturated heterocycles. The molecule has 0 spiro atoms. The van der Waals surface area contributed by atoms with Crippen LogP contribution in [-0.4, -0.2) is 48.7 Å². The van der Waals surface area contributed by atoms with Gasteiger partial charge >= 0.3 is 0 Å². The van der Waals surface area contributed by atoms with Gasteiger partial charge in [0.1, 0.15) is 0 Å². The van der Waals surface area contributed by atoms with Crippen molar-refractivity contribution < 1.29 is 9.90 Å². The average Bonchev–Trinajstić information content (AvgIpc) is 2.78. The first kappa shape index (κ1) is 18.1. The fourth-order valence-electron chi connectivity index (χ4n) is 2.41. The van der Waals surface area contributed by atoms with Gasteiger partial charge in [-0.3, -0.25) is 4.79 Å².